The lowest BCUT2D eigenvalue weighted by Gasteiger charge is -2.10. The molecule has 0 saturated heterocycles. The summed E-state index contributed by atoms with van der Waals surface area (Å²) in [4.78, 5) is 4.87. The molecule has 0 saturated carbocycles. The van der Waals surface area contributed by atoms with Crippen molar-refractivity contribution < 1.29 is 4.42 Å². The first-order valence-corrected chi connectivity index (χ1v) is 17.7. The molecule has 12 aromatic rings. The normalized spacial score (nSPS) is 12.4. The third kappa shape index (κ3) is 3.46. The Hall–Kier alpha value is -6.43. The van der Waals surface area contributed by atoms with Crippen molar-refractivity contribution in [1.82, 2.24) is 14.0 Å². The average Bonchev–Trinajstić information content (AvgIpc) is 3.90. The zero-order valence-electron chi connectivity index (χ0n) is 26.6. The number of furan rings is 1. The first kappa shape index (κ1) is 26.5. The van der Waals surface area contributed by atoms with E-state index in [1.165, 1.54) is 64.0 Å². The first-order chi connectivity index (χ1) is 24.8. The van der Waals surface area contributed by atoms with E-state index >= 15 is 0 Å². The van der Waals surface area contributed by atoms with Crippen LogP contribution < -0.4 is 0 Å². The van der Waals surface area contributed by atoms with E-state index in [2.05, 4.69) is 142 Å². The summed E-state index contributed by atoms with van der Waals surface area (Å²) in [5.74, 6) is 0. The summed E-state index contributed by atoms with van der Waals surface area (Å²) in [7, 11) is 0. The van der Waals surface area contributed by atoms with Gasteiger partial charge in [0.15, 0.2) is 0 Å². The fourth-order valence-corrected chi connectivity index (χ4v) is 9.47. The van der Waals surface area contributed by atoms with Crippen LogP contribution in [0.2, 0.25) is 0 Å². The second-order valence-corrected chi connectivity index (χ2v) is 14.3. The summed E-state index contributed by atoms with van der Waals surface area (Å²) in [5.41, 5.74) is 12.1. The monoisotopic (exact) mass is 655 g/mol. The maximum absolute atomic E-state index is 6.40. The highest BCUT2D eigenvalue weighted by molar-refractivity contribution is 7.25. The van der Waals surface area contributed by atoms with Crippen LogP contribution in [0, 0.1) is 0 Å². The number of aromatic nitrogens is 3. The van der Waals surface area contributed by atoms with E-state index in [4.69, 9.17) is 9.40 Å². The number of hydrogen-bond donors (Lipinski definition) is 0. The van der Waals surface area contributed by atoms with Gasteiger partial charge in [0, 0.05) is 58.4 Å². The predicted molar refractivity (Wildman–Crippen MR) is 210 cm³/mol. The minimum Gasteiger partial charge on any atom is -0.456 e. The van der Waals surface area contributed by atoms with Crippen LogP contribution in [0.3, 0.4) is 0 Å². The highest BCUT2D eigenvalue weighted by atomic mass is 32.1. The maximum atomic E-state index is 6.40. The van der Waals surface area contributed by atoms with Gasteiger partial charge < -0.3 is 13.4 Å². The predicted octanol–water partition coefficient (Wildman–Crippen LogP) is 12.7. The molecule has 0 fully saturated rings. The molecule has 5 heterocycles. The van der Waals surface area contributed by atoms with Crippen LogP contribution in [0.15, 0.2) is 156 Å². The summed E-state index contributed by atoms with van der Waals surface area (Å²) in [6, 6.07) is 52.5. The molecule has 50 heavy (non-hydrogen) atoms. The summed E-state index contributed by atoms with van der Waals surface area (Å²) >= 11 is 1.86. The Bertz CT molecular complexity index is 3250. The second kappa shape index (κ2) is 9.59. The van der Waals surface area contributed by atoms with Crippen molar-refractivity contribution in [2.75, 3.05) is 0 Å². The zero-order valence-corrected chi connectivity index (χ0v) is 27.4. The van der Waals surface area contributed by atoms with E-state index in [0.29, 0.717) is 0 Å². The topological polar surface area (TPSA) is 35.4 Å². The molecule has 0 aliphatic carbocycles. The van der Waals surface area contributed by atoms with E-state index in [0.717, 1.165) is 44.2 Å². The minimum atomic E-state index is 0.913. The molecule has 0 aliphatic rings. The van der Waals surface area contributed by atoms with Crippen molar-refractivity contribution in [2.24, 2.45) is 0 Å². The van der Waals surface area contributed by atoms with Gasteiger partial charge in [-0.3, -0.25) is 4.98 Å². The Labute approximate surface area is 288 Å². The van der Waals surface area contributed by atoms with Gasteiger partial charge >= 0.3 is 0 Å². The summed E-state index contributed by atoms with van der Waals surface area (Å²) in [6.45, 7) is 0. The highest BCUT2D eigenvalue weighted by Gasteiger charge is 2.20. The minimum absolute atomic E-state index is 0.913. The zero-order chi connectivity index (χ0) is 32.5. The van der Waals surface area contributed by atoms with Gasteiger partial charge in [0.05, 0.1) is 39.3 Å². The van der Waals surface area contributed by atoms with E-state index in [1.54, 1.807) is 0 Å². The van der Waals surface area contributed by atoms with Crippen LogP contribution in [0.25, 0.3) is 108 Å². The maximum Gasteiger partial charge on any atom is 0.136 e. The molecule has 0 spiro atoms. The summed E-state index contributed by atoms with van der Waals surface area (Å²) in [6.07, 6.45) is 2.02. The van der Waals surface area contributed by atoms with E-state index in [-0.39, 0.29) is 0 Å². The molecule has 5 aromatic heterocycles. The van der Waals surface area contributed by atoms with Gasteiger partial charge in [0.1, 0.15) is 11.2 Å². The Balaban J connectivity index is 1.14. The lowest BCUT2D eigenvalue weighted by atomic mass is 10.0. The molecule has 12 rings (SSSR count). The molecule has 0 radical (unpaired) electrons. The van der Waals surface area contributed by atoms with Gasteiger partial charge in [-0.05, 0) is 72.3 Å². The average molecular weight is 656 g/mol. The molecule has 5 heteroatoms. The lowest BCUT2D eigenvalue weighted by Crippen LogP contribution is -1.94. The van der Waals surface area contributed by atoms with Gasteiger partial charge in [0.2, 0.25) is 0 Å². The molecule has 232 valence electrons. The molecular weight excluding hydrogens is 631 g/mol. The number of benzene rings is 7. The van der Waals surface area contributed by atoms with Gasteiger partial charge in [-0.15, -0.1) is 11.3 Å². The van der Waals surface area contributed by atoms with Gasteiger partial charge in [-0.2, -0.15) is 0 Å². The summed E-state index contributed by atoms with van der Waals surface area (Å²) < 4.78 is 13.8. The standard InChI is InChI=1S/C45H25N3OS/c1-5-13-36-30(11-1)45(40-25-46-35-12-4-6-14-37(35)48(36)40)26-17-19-27(20-18-26)47-38-21-33-28-9-2-7-15-41(28)49-42(33)23-31(38)32-24-44-34(22-39(32)47)29-10-3-8-16-43(29)50-44/h1-25H. The number of hydrogen-bond acceptors (Lipinski definition) is 3. The van der Waals surface area contributed by atoms with Crippen LogP contribution >= 0.6 is 11.3 Å². The number of nitrogens with zero attached hydrogens (tertiary/aromatic N) is 3. The van der Waals surface area contributed by atoms with Gasteiger partial charge in [-0.1, -0.05) is 78.9 Å². The second-order valence-electron chi connectivity index (χ2n) is 13.2. The largest absolute Gasteiger partial charge is 0.456 e. The van der Waals surface area contributed by atoms with Crippen LogP contribution in [-0.4, -0.2) is 14.0 Å². The molecule has 4 nitrogen and oxygen atoms in total. The van der Waals surface area contributed by atoms with Crippen molar-refractivity contribution in [2.45, 2.75) is 0 Å². The van der Waals surface area contributed by atoms with Crippen molar-refractivity contribution in [3.05, 3.63) is 152 Å². The quantitative estimate of drug-likeness (QED) is 0.186. The fraction of sp³-hybridized carbons (Fsp3) is 0. The van der Waals surface area contributed by atoms with Crippen molar-refractivity contribution >= 4 is 103 Å². The van der Waals surface area contributed by atoms with Crippen molar-refractivity contribution in [1.29, 1.82) is 0 Å². The van der Waals surface area contributed by atoms with E-state index in [9.17, 15) is 0 Å². The molecule has 0 atom stereocenters. The van der Waals surface area contributed by atoms with Crippen molar-refractivity contribution in [3.8, 4) is 16.8 Å². The first-order valence-electron chi connectivity index (χ1n) is 16.9. The highest BCUT2D eigenvalue weighted by Crippen LogP contribution is 2.43. The van der Waals surface area contributed by atoms with Gasteiger partial charge in [0.25, 0.3) is 0 Å². The van der Waals surface area contributed by atoms with Crippen LogP contribution in [0.4, 0.5) is 0 Å². The Morgan fingerprint density at radius 2 is 1.16 bits per heavy atom. The molecule has 0 aliphatic heterocycles. The molecule has 0 amide bonds. The van der Waals surface area contributed by atoms with E-state index < -0.39 is 0 Å². The van der Waals surface area contributed by atoms with E-state index in [1.807, 2.05) is 29.7 Å². The number of rotatable bonds is 2. The lowest BCUT2D eigenvalue weighted by molar-refractivity contribution is 0.669. The molecule has 0 bridgehead atoms. The third-order valence-corrected chi connectivity index (χ3v) is 11.7. The molecular formula is C45H25N3OS. The molecule has 0 N–H and O–H groups in total. The third-order valence-electron chi connectivity index (χ3n) is 10.5. The number of para-hydroxylation sites is 4. The Morgan fingerprint density at radius 1 is 0.460 bits per heavy atom. The molecule has 0 unspecified atom stereocenters. The van der Waals surface area contributed by atoms with Crippen LogP contribution in [0.5, 0.6) is 0 Å². The fourth-order valence-electron chi connectivity index (χ4n) is 8.34. The number of fused-ring (bicyclic) bond motifs is 14. The van der Waals surface area contributed by atoms with Crippen LogP contribution in [-0.2, 0) is 0 Å². The smallest absolute Gasteiger partial charge is 0.136 e. The SMILES string of the molecule is c1ccc2c(c1)ncc1c(-c3ccc(-n4c5cc6c(cc5c5cc7sc8ccccc8c7cc54)oc4ccccc46)cc3)c3ccccc3n12. The Morgan fingerprint density at radius 3 is 2.04 bits per heavy atom. The van der Waals surface area contributed by atoms with Crippen LogP contribution in [0.1, 0.15) is 0 Å². The van der Waals surface area contributed by atoms with Crippen molar-refractivity contribution in [3.63, 3.8) is 0 Å². The number of thiophene rings is 1. The van der Waals surface area contributed by atoms with Gasteiger partial charge in [-0.25, -0.2) is 0 Å². The molecule has 7 aromatic carbocycles. The Kier molecular flexibility index (Phi) is 5.09. The summed E-state index contributed by atoms with van der Waals surface area (Å²) in [5, 5.41) is 8.50.